The van der Waals surface area contributed by atoms with E-state index in [1.807, 2.05) is 0 Å². The van der Waals surface area contributed by atoms with Crippen LogP contribution in [0.5, 0.6) is 5.75 Å². The van der Waals surface area contributed by atoms with Crippen molar-refractivity contribution in [3.8, 4) is 5.75 Å². The van der Waals surface area contributed by atoms with Gasteiger partial charge >= 0.3 is 0 Å². The van der Waals surface area contributed by atoms with Crippen LogP contribution in [-0.2, 0) is 9.53 Å². The number of para-hydroxylation sites is 1. The zero-order valence-electron chi connectivity index (χ0n) is 15.9. The number of anilines is 1. The third-order valence-corrected chi connectivity index (χ3v) is 4.40. The lowest BCUT2D eigenvalue weighted by molar-refractivity contribution is -0.384. The van der Waals surface area contributed by atoms with Crippen LogP contribution in [0.15, 0.2) is 42.5 Å². The molecule has 29 heavy (non-hydrogen) atoms. The van der Waals surface area contributed by atoms with Crippen LogP contribution in [0.2, 0.25) is 0 Å². The van der Waals surface area contributed by atoms with Crippen LogP contribution < -0.4 is 10.1 Å². The van der Waals surface area contributed by atoms with E-state index in [9.17, 15) is 19.7 Å². The number of carbonyl (C=O) groups excluding carboxylic acids is 2. The number of hydrogen-bond donors (Lipinski definition) is 1. The number of amides is 2. The van der Waals surface area contributed by atoms with Crippen LogP contribution in [0.3, 0.4) is 0 Å². The summed E-state index contributed by atoms with van der Waals surface area (Å²) in [4.78, 5) is 37.3. The summed E-state index contributed by atoms with van der Waals surface area (Å²) >= 11 is 0. The van der Waals surface area contributed by atoms with Gasteiger partial charge in [-0.05, 0) is 30.7 Å². The molecule has 2 aromatic rings. The normalized spacial score (nSPS) is 13.6. The van der Waals surface area contributed by atoms with Crippen LogP contribution in [0.1, 0.15) is 15.9 Å². The largest absolute Gasteiger partial charge is 0.483 e. The Bertz CT molecular complexity index is 924. The number of rotatable bonds is 6. The van der Waals surface area contributed by atoms with Gasteiger partial charge in [0.1, 0.15) is 11.4 Å². The van der Waals surface area contributed by atoms with Crippen molar-refractivity contribution in [2.45, 2.75) is 6.92 Å². The molecule has 3 rings (SSSR count). The molecule has 0 radical (unpaired) electrons. The summed E-state index contributed by atoms with van der Waals surface area (Å²) < 4.78 is 10.8. The van der Waals surface area contributed by atoms with Gasteiger partial charge in [-0.25, -0.2) is 0 Å². The van der Waals surface area contributed by atoms with E-state index in [0.717, 1.165) is 0 Å². The molecular weight excluding hydrogens is 378 g/mol. The molecular formula is C20H21N3O6. The van der Waals surface area contributed by atoms with Crippen molar-refractivity contribution in [3.63, 3.8) is 0 Å². The van der Waals surface area contributed by atoms with Crippen LogP contribution in [0, 0.1) is 17.0 Å². The van der Waals surface area contributed by atoms with Gasteiger partial charge in [-0.1, -0.05) is 18.2 Å². The van der Waals surface area contributed by atoms with E-state index in [1.165, 1.54) is 12.1 Å². The van der Waals surface area contributed by atoms with Crippen molar-refractivity contribution >= 4 is 23.2 Å². The average Bonchev–Trinajstić information content (AvgIpc) is 2.73. The molecule has 0 spiro atoms. The molecule has 0 bridgehead atoms. The number of hydrogen-bond acceptors (Lipinski definition) is 6. The average molecular weight is 399 g/mol. The van der Waals surface area contributed by atoms with E-state index < -0.39 is 17.4 Å². The first kappa shape index (κ1) is 20.3. The first-order chi connectivity index (χ1) is 14.0. The lowest BCUT2D eigenvalue weighted by atomic mass is 10.1. The quantitative estimate of drug-likeness (QED) is 0.590. The molecule has 0 saturated carbocycles. The number of nitrogens with zero attached hydrogens (tertiary/aromatic N) is 2. The maximum Gasteiger partial charge on any atom is 0.293 e. The van der Waals surface area contributed by atoms with Crippen molar-refractivity contribution in [1.82, 2.24) is 4.90 Å². The Hall–Kier alpha value is -3.46. The van der Waals surface area contributed by atoms with Crippen molar-refractivity contribution in [2.75, 3.05) is 38.2 Å². The number of nitrogens with one attached hydrogen (secondary N) is 1. The molecule has 1 aliphatic heterocycles. The first-order valence-corrected chi connectivity index (χ1v) is 9.09. The summed E-state index contributed by atoms with van der Waals surface area (Å²) in [6.07, 6.45) is 0. The van der Waals surface area contributed by atoms with Crippen LogP contribution in [0.25, 0.3) is 0 Å². The van der Waals surface area contributed by atoms with E-state index in [4.69, 9.17) is 9.47 Å². The third-order valence-electron chi connectivity index (χ3n) is 4.40. The van der Waals surface area contributed by atoms with Crippen molar-refractivity contribution in [3.05, 3.63) is 63.7 Å². The molecule has 1 saturated heterocycles. The molecule has 1 N–H and O–H groups in total. The predicted octanol–water partition coefficient (Wildman–Crippen LogP) is 2.39. The topological polar surface area (TPSA) is 111 Å². The molecule has 9 nitrogen and oxygen atoms in total. The number of nitro benzene ring substituents is 1. The second-order valence-corrected chi connectivity index (χ2v) is 6.52. The van der Waals surface area contributed by atoms with E-state index in [0.29, 0.717) is 37.4 Å². The summed E-state index contributed by atoms with van der Waals surface area (Å²) in [6, 6.07) is 11.2. The zero-order chi connectivity index (χ0) is 20.8. The Morgan fingerprint density at radius 1 is 1.21 bits per heavy atom. The molecule has 9 heteroatoms. The van der Waals surface area contributed by atoms with E-state index in [1.54, 1.807) is 42.2 Å². The minimum Gasteiger partial charge on any atom is -0.483 e. The lowest BCUT2D eigenvalue weighted by Gasteiger charge is -2.27. The maximum atomic E-state index is 12.7. The van der Waals surface area contributed by atoms with E-state index in [2.05, 4.69) is 5.32 Å². The summed E-state index contributed by atoms with van der Waals surface area (Å²) in [5, 5.41) is 13.7. The van der Waals surface area contributed by atoms with Gasteiger partial charge < -0.3 is 19.7 Å². The number of morpholine rings is 1. The van der Waals surface area contributed by atoms with E-state index >= 15 is 0 Å². The predicted molar refractivity (Wildman–Crippen MR) is 105 cm³/mol. The molecule has 0 aliphatic carbocycles. The minimum absolute atomic E-state index is 0.0897. The number of benzene rings is 2. The van der Waals surface area contributed by atoms with Gasteiger partial charge in [-0.15, -0.1) is 0 Å². The van der Waals surface area contributed by atoms with Crippen LogP contribution in [0.4, 0.5) is 11.4 Å². The highest BCUT2D eigenvalue weighted by atomic mass is 16.6. The zero-order valence-corrected chi connectivity index (χ0v) is 15.9. The standard InChI is InChI=1S/C20H21N3O6/c1-14-6-7-16(17(12-14)23(26)27)21-19(24)13-29-18-5-3-2-4-15(18)20(25)22-8-10-28-11-9-22/h2-7,12H,8-11,13H2,1H3,(H,21,24). The summed E-state index contributed by atoms with van der Waals surface area (Å²) in [7, 11) is 0. The Kier molecular flexibility index (Phi) is 6.40. The molecule has 1 fully saturated rings. The Morgan fingerprint density at radius 2 is 1.93 bits per heavy atom. The molecule has 2 amide bonds. The highest BCUT2D eigenvalue weighted by Gasteiger charge is 2.22. The summed E-state index contributed by atoms with van der Waals surface area (Å²) in [5.41, 5.74) is 0.957. The van der Waals surface area contributed by atoms with Gasteiger partial charge in [-0.3, -0.25) is 19.7 Å². The molecule has 0 unspecified atom stereocenters. The maximum absolute atomic E-state index is 12.7. The van der Waals surface area contributed by atoms with Crippen molar-refractivity contribution < 1.29 is 24.0 Å². The summed E-state index contributed by atoms with van der Waals surface area (Å²) in [5.74, 6) is -0.485. The van der Waals surface area contributed by atoms with Crippen molar-refractivity contribution in [2.24, 2.45) is 0 Å². The van der Waals surface area contributed by atoms with Gasteiger partial charge in [0.15, 0.2) is 6.61 Å². The fourth-order valence-corrected chi connectivity index (χ4v) is 2.93. The lowest BCUT2D eigenvalue weighted by Crippen LogP contribution is -2.40. The Balaban J connectivity index is 1.67. The first-order valence-electron chi connectivity index (χ1n) is 9.09. The number of aryl methyl sites for hydroxylation is 1. The summed E-state index contributed by atoms with van der Waals surface area (Å²) in [6.45, 7) is 3.27. The highest BCUT2D eigenvalue weighted by Crippen LogP contribution is 2.25. The fraction of sp³-hybridized carbons (Fsp3) is 0.300. The highest BCUT2D eigenvalue weighted by molar-refractivity contribution is 5.97. The molecule has 0 aromatic heterocycles. The van der Waals surface area contributed by atoms with E-state index in [-0.39, 0.29) is 23.0 Å². The Labute approximate surface area is 167 Å². The molecule has 2 aromatic carbocycles. The minimum atomic E-state index is -0.564. The second kappa shape index (κ2) is 9.16. The monoisotopic (exact) mass is 399 g/mol. The molecule has 1 heterocycles. The van der Waals surface area contributed by atoms with Crippen molar-refractivity contribution in [1.29, 1.82) is 0 Å². The van der Waals surface area contributed by atoms with Gasteiger partial charge in [0.05, 0.1) is 23.7 Å². The number of carbonyl (C=O) groups is 2. The van der Waals surface area contributed by atoms with Crippen LogP contribution >= 0.6 is 0 Å². The SMILES string of the molecule is Cc1ccc(NC(=O)COc2ccccc2C(=O)N2CCOCC2)c([N+](=O)[O-])c1. The van der Waals surface area contributed by atoms with Crippen LogP contribution in [-0.4, -0.2) is 54.5 Å². The van der Waals surface area contributed by atoms with Gasteiger partial charge in [0, 0.05) is 19.2 Å². The number of ether oxygens (including phenoxy) is 2. The smallest absolute Gasteiger partial charge is 0.293 e. The second-order valence-electron chi connectivity index (χ2n) is 6.52. The molecule has 0 atom stereocenters. The van der Waals surface area contributed by atoms with Gasteiger partial charge in [0.25, 0.3) is 17.5 Å². The Morgan fingerprint density at radius 3 is 2.66 bits per heavy atom. The molecule has 1 aliphatic rings. The van der Waals surface area contributed by atoms with Gasteiger partial charge in [0.2, 0.25) is 0 Å². The molecule has 152 valence electrons. The third kappa shape index (κ3) is 5.08. The van der Waals surface area contributed by atoms with Gasteiger partial charge in [-0.2, -0.15) is 0 Å². The number of nitro groups is 1. The fourth-order valence-electron chi connectivity index (χ4n) is 2.93.